The molecule has 0 heterocycles. The molecule has 0 aromatic heterocycles. The number of rotatable bonds is 8. The molecular weight excluding hydrogens is 400 g/mol. The Morgan fingerprint density at radius 1 is 0.679 bits per heavy atom. The average Bonchev–Trinajstić information content (AvgIpc) is 2.62. The van der Waals surface area contributed by atoms with Gasteiger partial charge in [0.25, 0.3) is 20.2 Å². The SMILES string of the molecule is O=S(=O)(Cc1ccccc1)OC1CCCC(OS(=O)(=O)Cc2ccccc2)C1. The van der Waals surface area contributed by atoms with Crippen LogP contribution in [0.2, 0.25) is 0 Å². The number of benzene rings is 2. The Morgan fingerprint density at radius 2 is 1.07 bits per heavy atom. The predicted molar refractivity (Wildman–Crippen MR) is 106 cm³/mol. The standard InChI is InChI=1S/C20H24O6S2/c21-27(22,15-17-8-3-1-4-9-17)25-19-12-7-13-20(14-19)26-28(23,24)16-18-10-5-2-6-11-18/h1-6,8-11,19-20H,7,12-16H2. The molecule has 0 saturated heterocycles. The molecule has 28 heavy (non-hydrogen) atoms. The van der Waals surface area contributed by atoms with E-state index in [1.165, 1.54) is 0 Å². The van der Waals surface area contributed by atoms with Crippen molar-refractivity contribution in [2.45, 2.75) is 49.4 Å². The van der Waals surface area contributed by atoms with Crippen molar-refractivity contribution in [2.75, 3.05) is 0 Å². The van der Waals surface area contributed by atoms with E-state index < -0.39 is 32.4 Å². The van der Waals surface area contributed by atoms with Gasteiger partial charge < -0.3 is 0 Å². The summed E-state index contributed by atoms with van der Waals surface area (Å²) in [6.45, 7) is 0. The second kappa shape index (κ2) is 9.17. The molecule has 0 aliphatic heterocycles. The van der Waals surface area contributed by atoms with Crippen molar-refractivity contribution in [1.29, 1.82) is 0 Å². The third-order valence-corrected chi connectivity index (χ3v) is 7.02. The molecule has 152 valence electrons. The smallest absolute Gasteiger partial charge is 0.266 e. The lowest BCUT2D eigenvalue weighted by molar-refractivity contribution is 0.0757. The average molecular weight is 425 g/mol. The first-order valence-corrected chi connectivity index (χ1v) is 12.4. The third-order valence-electron chi connectivity index (χ3n) is 4.52. The van der Waals surface area contributed by atoms with Crippen LogP contribution < -0.4 is 0 Å². The highest BCUT2D eigenvalue weighted by molar-refractivity contribution is 7.86. The van der Waals surface area contributed by atoms with Crippen molar-refractivity contribution in [3.05, 3.63) is 71.8 Å². The van der Waals surface area contributed by atoms with Crippen LogP contribution in [-0.2, 0) is 40.1 Å². The summed E-state index contributed by atoms with van der Waals surface area (Å²) in [5, 5.41) is 0. The van der Waals surface area contributed by atoms with E-state index in [0.29, 0.717) is 30.4 Å². The van der Waals surface area contributed by atoms with Crippen LogP contribution in [0.5, 0.6) is 0 Å². The highest BCUT2D eigenvalue weighted by atomic mass is 32.2. The van der Waals surface area contributed by atoms with Crippen molar-refractivity contribution >= 4 is 20.2 Å². The van der Waals surface area contributed by atoms with E-state index >= 15 is 0 Å². The quantitative estimate of drug-likeness (QED) is 0.604. The van der Waals surface area contributed by atoms with Gasteiger partial charge in [-0.3, -0.25) is 8.37 Å². The fraction of sp³-hybridized carbons (Fsp3) is 0.400. The molecule has 8 heteroatoms. The van der Waals surface area contributed by atoms with E-state index in [2.05, 4.69) is 0 Å². The van der Waals surface area contributed by atoms with E-state index in [-0.39, 0.29) is 17.9 Å². The second-order valence-electron chi connectivity index (χ2n) is 6.98. The van der Waals surface area contributed by atoms with Crippen LogP contribution in [0.1, 0.15) is 36.8 Å². The van der Waals surface area contributed by atoms with E-state index in [0.717, 1.165) is 0 Å². The van der Waals surface area contributed by atoms with Gasteiger partial charge in [-0.2, -0.15) is 16.8 Å². The lowest BCUT2D eigenvalue weighted by Crippen LogP contribution is -2.32. The van der Waals surface area contributed by atoms with Crippen molar-refractivity contribution in [3.63, 3.8) is 0 Å². The molecule has 1 fully saturated rings. The topological polar surface area (TPSA) is 86.7 Å². The van der Waals surface area contributed by atoms with Gasteiger partial charge in [0, 0.05) is 6.42 Å². The van der Waals surface area contributed by atoms with Gasteiger partial charge in [0.1, 0.15) is 11.5 Å². The molecule has 6 nitrogen and oxygen atoms in total. The van der Waals surface area contributed by atoms with Gasteiger partial charge in [0.05, 0.1) is 12.2 Å². The first-order chi connectivity index (χ1) is 13.3. The number of hydrogen-bond acceptors (Lipinski definition) is 6. The lowest BCUT2D eigenvalue weighted by Gasteiger charge is -2.28. The Balaban J connectivity index is 1.56. The molecular formula is C20H24O6S2. The Bertz CT molecular complexity index is 877. The van der Waals surface area contributed by atoms with Crippen molar-refractivity contribution < 1.29 is 25.2 Å². The van der Waals surface area contributed by atoms with Gasteiger partial charge >= 0.3 is 0 Å². The zero-order valence-electron chi connectivity index (χ0n) is 15.4. The van der Waals surface area contributed by atoms with E-state index in [9.17, 15) is 16.8 Å². The zero-order valence-corrected chi connectivity index (χ0v) is 17.1. The molecule has 1 saturated carbocycles. The van der Waals surface area contributed by atoms with Gasteiger partial charge in [0.2, 0.25) is 0 Å². The van der Waals surface area contributed by atoms with Crippen LogP contribution in [0.25, 0.3) is 0 Å². The second-order valence-corrected chi connectivity index (χ2v) is 10.2. The molecule has 0 bridgehead atoms. The fourth-order valence-corrected chi connectivity index (χ4v) is 5.83. The highest BCUT2D eigenvalue weighted by Gasteiger charge is 2.30. The minimum Gasteiger partial charge on any atom is -0.266 e. The first-order valence-electron chi connectivity index (χ1n) is 9.21. The van der Waals surface area contributed by atoms with Gasteiger partial charge in [-0.25, -0.2) is 0 Å². The van der Waals surface area contributed by atoms with Crippen molar-refractivity contribution in [2.24, 2.45) is 0 Å². The van der Waals surface area contributed by atoms with Crippen LogP contribution in [0.15, 0.2) is 60.7 Å². The zero-order chi connectivity index (χ0) is 20.0. The molecule has 1 aliphatic rings. The van der Waals surface area contributed by atoms with E-state index in [4.69, 9.17) is 8.37 Å². The number of hydrogen-bond donors (Lipinski definition) is 0. The Hall–Kier alpha value is -1.74. The molecule has 3 rings (SSSR count). The molecule has 2 atom stereocenters. The van der Waals surface area contributed by atoms with Gasteiger partial charge in [0.15, 0.2) is 0 Å². The third kappa shape index (κ3) is 6.70. The molecule has 2 unspecified atom stereocenters. The minimum absolute atomic E-state index is 0.206. The minimum atomic E-state index is -3.75. The Morgan fingerprint density at radius 3 is 1.46 bits per heavy atom. The molecule has 0 amide bonds. The maximum Gasteiger partial charge on any atom is 0.271 e. The summed E-state index contributed by atoms with van der Waals surface area (Å²) in [5.41, 5.74) is 1.30. The van der Waals surface area contributed by atoms with E-state index in [1.54, 1.807) is 48.5 Å². The summed E-state index contributed by atoms with van der Waals surface area (Å²) in [6, 6.07) is 17.6. The van der Waals surface area contributed by atoms with Crippen molar-refractivity contribution in [3.8, 4) is 0 Å². The van der Waals surface area contributed by atoms with Crippen LogP contribution in [-0.4, -0.2) is 29.0 Å². The summed E-state index contributed by atoms with van der Waals surface area (Å²) in [4.78, 5) is 0. The molecule has 2 aromatic rings. The fourth-order valence-electron chi connectivity index (χ4n) is 3.32. The summed E-state index contributed by atoms with van der Waals surface area (Å²) in [5.74, 6) is -0.412. The highest BCUT2D eigenvalue weighted by Crippen LogP contribution is 2.27. The predicted octanol–water partition coefficient (Wildman–Crippen LogP) is 3.39. The van der Waals surface area contributed by atoms with Crippen LogP contribution in [0.4, 0.5) is 0 Å². The Kier molecular flexibility index (Phi) is 6.87. The summed E-state index contributed by atoms with van der Waals surface area (Å²) < 4.78 is 60.0. The maximum absolute atomic E-state index is 12.3. The molecule has 1 aliphatic carbocycles. The maximum atomic E-state index is 12.3. The van der Waals surface area contributed by atoms with Crippen LogP contribution in [0.3, 0.4) is 0 Å². The Labute approximate surface area is 166 Å². The summed E-state index contributed by atoms with van der Waals surface area (Å²) in [6.07, 6.45) is 0.872. The van der Waals surface area contributed by atoms with E-state index in [1.807, 2.05) is 12.1 Å². The largest absolute Gasteiger partial charge is 0.271 e. The van der Waals surface area contributed by atoms with Crippen LogP contribution in [0, 0.1) is 0 Å². The summed E-state index contributed by atoms with van der Waals surface area (Å²) >= 11 is 0. The summed E-state index contributed by atoms with van der Waals surface area (Å²) in [7, 11) is -7.51. The first kappa shape index (κ1) is 21.0. The lowest BCUT2D eigenvalue weighted by atomic mass is 9.95. The van der Waals surface area contributed by atoms with Gasteiger partial charge in [-0.1, -0.05) is 60.7 Å². The molecule has 0 radical (unpaired) electrons. The molecule has 2 aromatic carbocycles. The molecule has 0 spiro atoms. The van der Waals surface area contributed by atoms with Gasteiger partial charge in [-0.15, -0.1) is 0 Å². The van der Waals surface area contributed by atoms with Gasteiger partial charge in [-0.05, 0) is 30.4 Å². The molecule has 0 N–H and O–H groups in total. The van der Waals surface area contributed by atoms with Crippen molar-refractivity contribution in [1.82, 2.24) is 0 Å². The monoisotopic (exact) mass is 424 g/mol. The normalized spacial score (nSPS) is 20.7. The van der Waals surface area contributed by atoms with Crippen LogP contribution >= 0.6 is 0 Å².